The van der Waals surface area contributed by atoms with E-state index >= 15 is 0 Å². The first-order valence-electron chi connectivity index (χ1n) is 6.79. The molecular formula is C15H19BFNO3. The van der Waals surface area contributed by atoms with Gasteiger partial charge >= 0.3 is 7.12 Å². The van der Waals surface area contributed by atoms with Crippen molar-refractivity contribution >= 4 is 12.6 Å². The van der Waals surface area contributed by atoms with E-state index in [1.807, 2.05) is 33.8 Å². The topological polar surface area (TPSA) is 51.5 Å². The Kier molecular flexibility index (Phi) is 4.11. The van der Waals surface area contributed by atoms with Crippen molar-refractivity contribution in [1.29, 1.82) is 5.26 Å². The smallest absolute Gasteiger partial charge is 0.399 e. The van der Waals surface area contributed by atoms with Gasteiger partial charge in [-0.2, -0.15) is 5.26 Å². The molecule has 21 heavy (non-hydrogen) atoms. The Morgan fingerprint density at radius 1 is 1.24 bits per heavy atom. The zero-order valence-electron chi connectivity index (χ0n) is 13.0. The summed E-state index contributed by atoms with van der Waals surface area (Å²) in [5.74, 6) is -0.556. The minimum Gasteiger partial charge on any atom is -0.399 e. The molecule has 4 nitrogen and oxygen atoms in total. The largest absolute Gasteiger partial charge is 0.494 e. The maximum Gasteiger partial charge on any atom is 0.494 e. The summed E-state index contributed by atoms with van der Waals surface area (Å²) in [6.45, 7) is 7.86. The van der Waals surface area contributed by atoms with E-state index in [1.54, 1.807) is 6.07 Å². The Hall–Kier alpha value is -1.42. The van der Waals surface area contributed by atoms with Gasteiger partial charge < -0.3 is 14.0 Å². The van der Waals surface area contributed by atoms with Crippen molar-refractivity contribution in [2.24, 2.45) is 0 Å². The summed E-state index contributed by atoms with van der Waals surface area (Å²) in [5, 5.41) is 9.07. The van der Waals surface area contributed by atoms with Gasteiger partial charge in [0.25, 0.3) is 0 Å². The Labute approximate surface area is 125 Å². The highest BCUT2D eigenvalue weighted by atomic mass is 19.1. The molecule has 1 fully saturated rings. The number of benzene rings is 1. The van der Waals surface area contributed by atoms with Crippen LogP contribution in [-0.2, 0) is 20.7 Å². The van der Waals surface area contributed by atoms with Gasteiger partial charge in [-0.3, -0.25) is 0 Å². The van der Waals surface area contributed by atoms with Gasteiger partial charge in [0, 0.05) is 12.7 Å². The van der Waals surface area contributed by atoms with Gasteiger partial charge in [-0.25, -0.2) is 4.39 Å². The molecule has 1 aromatic carbocycles. The predicted molar refractivity (Wildman–Crippen MR) is 77.5 cm³/mol. The Morgan fingerprint density at radius 3 is 2.29 bits per heavy atom. The van der Waals surface area contributed by atoms with Crippen molar-refractivity contribution in [3.05, 3.63) is 29.1 Å². The first kappa shape index (κ1) is 16.0. The van der Waals surface area contributed by atoms with Crippen LogP contribution in [0.1, 0.15) is 38.8 Å². The van der Waals surface area contributed by atoms with Crippen LogP contribution in [-0.4, -0.2) is 25.4 Å². The molecule has 112 valence electrons. The molecule has 1 heterocycles. The van der Waals surface area contributed by atoms with Crippen molar-refractivity contribution in [2.75, 3.05) is 7.11 Å². The second-order valence-electron chi connectivity index (χ2n) is 6.17. The number of hydrogen-bond acceptors (Lipinski definition) is 4. The zero-order valence-corrected chi connectivity index (χ0v) is 13.0. The molecule has 1 saturated heterocycles. The lowest BCUT2D eigenvalue weighted by Crippen LogP contribution is -2.41. The summed E-state index contributed by atoms with van der Waals surface area (Å²) in [4.78, 5) is 0. The monoisotopic (exact) mass is 291 g/mol. The van der Waals surface area contributed by atoms with Crippen molar-refractivity contribution in [3.8, 4) is 6.07 Å². The summed E-state index contributed by atoms with van der Waals surface area (Å²) in [5.41, 5.74) is -0.0604. The molecule has 0 N–H and O–H groups in total. The average molecular weight is 291 g/mol. The van der Waals surface area contributed by atoms with Gasteiger partial charge in [-0.1, -0.05) is 6.07 Å². The molecule has 6 heteroatoms. The summed E-state index contributed by atoms with van der Waals surface area (Å²) >= 11 is 0. The standard InChI is InChI=1S/C15H19BFNO3/c1-14(2)15(3,4)21-16(20-14)12-6-10(8-18)13(17)11(7-12)9-19-5/h6-7H,9H2,1-5H3. The van der Waals surface area contributed by atoms with Gasteiger partial charge in [-0.05, 0) is 39.2 Å². The number of hydrogen-bond donors (Lipinski definition) is 0. The lowest BCUT2D eigenvalue weighted by atomic mass is 9.77. The Bertz CT molecular complexity index is 579. The number of rotatable bonds is 3. The van der Waals surface area contributed by atoms with E-state index in [4.69, 9.17) is 19.3 Å². The summed E-state index contributed by atoms with van der Waals surface area (Å²) in [6.07, 6.45) is 0. The van der Waals surface area contributed by atoms with Crippen LogP contribution < -0.4 is 5.46 Å². The Morgan fingerprint density at radius 2 is 1.81 bits per heavy atom. The van der Waals surface area contributed by atoms with E-state index in [0.29, 0.717) is 11.0 Å². The maximum atomic E-state index is 14.0. The van der Waals surface area contributed by atoms with E-state index in [2.05, 4.69) is 0 Å². The van der Waals surface area contributed by atoms with Crippen LogP contribution in [0.25, 0.3) is 0 Å². The minimum absolute atomic E-state index is 0.0331. The minimum atomic E-state index is -0.627. The van der Waals surface area contributed by atoms with Crippen LogP contribution in [0.15, 0.2) is 12.1 Å². The van der Waals surface area contributed by atoms with E-state index in [9.17, 15) is 4.39 Å². The van der Waals surface area contributed by atoms with Crippen LogP contribution >= 0.6 is 0 Å². The normalized spacial score (nSPS) is 19.6. The fourth-order valence-electron chi connectivity index (χ4n) is 2.17. The number of halogens is 1. The molecule has 0 spiro atoms. The fourth-order valence-corrected chi connectivity index (χ4v) is 2.17. The van der Waals surface area contributed by atoms with Gasteiger partial charge in [0.1, 0.15) is 11.9 Å². The molecule has 2 rings (SSSR count). The SMILES string of the molecule is COCc1cc(B2OC(C)(C)C(C)(C)O2)cc(C#N)c1F. The molecule has 0 radical (unpaired) electrons. The average Bonchev–Trinajstić information content (AvgIpc) is 2.61. The van der Waals surface area contributed by atoms with Crippen LogP contribution in [0, 0.1) is 17.1 Å². The number of nitriles is 1. The molecule has 1 aliphatic heterocycles. The van der Waals surface area contributed by atoms with Crippen molar-refractivity contribution in [3.63, 3.8) is 0 Å². The molecule has 0 saturated carbocycles. The van der Waals surface area contributed by atoms with Gasteiger partial charge in [0.2, 0.25) is 0 Å². The second kappa shape index (κ2) is 5.41. The third-order valence-corrected chi connectivity index (χ3v) is 4.12. The summed E-state index contributed by atoms with van der Waals surface area (Å²) in [6, 6.07) is 4.95. The van der Waals surface area contributed by atoms with Gasteiger partial charge in [0.15, 0.2) is 0 Å². The fraction of sp³-hybridized carbons (Fsp3) is 0.533. The van der Waals surface area contributed by atoms with Crippen LogP contribution in [0.4, 0.5) is 4.39 Å². The molecule has 0 bridgehead atoms. The van der Waals surface area contributed by atoms with E-state index in [0.717, 1.165) is 0 Å². The number of methoxy groups -OCH3 is 1. The number of ether oxygens (including phenoxy) is 1. The maximum absolute atomic E-state index is 14.0. The highest BCUT2D eigenvalue weighted by molar-refractivity contribution is 6.62. The molecule has 0 amide bonds. The van der Waals surface area contributed by atoms with E-state index in [-0.39, 0.29) is 12.2 Å². The molecule has 0 unspecified atom stereocenters. The molecular weight excluding hydrogens is 272 g/mol. The van der Waals surface area contributed by atoms with Crippen LogP contribution in [0.2, 0.25) is 0 Å². The van der Waals surface area contributed by atoms with Crippen LogP contribution in [0.3, 0.4) is 0 Å². The third-order valence-electron chi connectivity index (χ3n) is 4.12. The highest BCUT2D eigenvalue weighted by Gasteiger charge is 2.51. The molecule has 0 aromatic heterocycles. The van der Waals surface area contributed by atoms with E-state index < -0.39 is 24.1 Å². The number of nitrogens with zero attached hydrogens (tertiary/aromatic N) is 1. The highest BCUT2D eigenvalue weighted by Crippen LogP contribution is 2.36. The van der Waals surface area contributed by atoms with E-state index in [1.165, 1.54) is 13.2 Å². The predicted octanol–water partition coefficient (Wildman–Crippen LogP) is 2.14. The Balaban J connectivity index is 2.42. The summed E-state index contributed by atoms with van der Waals surface area (Å²) < 4.78 is 30.9. The van der Waals surface area contributed by atoms with Gasteiger partial charge in [0.05, 0.1) is 23.4 Å². The van der Waals surface area contributed by atoms with Crippen molar-refractivity contribution in [2.45, 2.75) is 45.5 Å². The second-order valence-corrected chi connectivity index (χ2v) is 6.17. The molecule has 1 aliphatic rings. The molecule has 0 atom stereocenters. The van der Waals surface area contributed by atoms with Gasteiger partial charge in [-0.15, -0.1) is 0 Å². The lowest BCUT2D eigenvalue weighted by molar-refractivity contribution is 0.00578. The van der Waals surface area contributed by atoms with Crippen molar-refractivity contribution in [1.82, 2.24) is 0 Å². The third kappa shape index (κ3) is 2.82. The van der Waals surface area contributed by atoms with Crippen LogP contribution in [0.5, 0.6) is 0 Å². The quantitative estimate of drug-likeness (QED) is 0.801. The lowest BCUT2D eigenvalue weighted by Gasteiger charge is -2.32. The molecule has 1 aromatic rings. The zero-order chi connectivity index (χ0) is 15.8. The summed E-state index contributed by atoms with van der Waals surface area (Å²) in [7, 11) is 0.853. The first-order chi connectivity index (χ1) is 9.71. The van der Waals surface area contributed by atoms with Crippen molar-refractivity contribution < 1.29 is 18.4 Å². The molecule has 0 aliphatic carbocycles. The first-order valence-corrected chi connectivity index (χ1v) is 6.79.